The van der Waals surface area contributed by atoms with E-state index in [2.05, 4.69) is 63.2 Å². The second-order valence-electron chi connectivity index (χ2n) is 4.95. The third-order valence-corrected chi connectivity index (χ3v) is 5.02. The van der Waals surface area contributed by atoms with Gasteiger partial charge < -0.3 is 0 Å². The first kappa shape index (κ1) is 13.1. The van der Waals surface area contributed by atoms with Crippen LogP contribution in [0.3, 0.4) is 0 Å². The minimum Gasteiger partial charge on any atom is -0.0680 e. The summed E-state index contributed by atoms with van der Waals surface area (Å²) in [7, 11) is -0.0284. The maximum Gasteiger partial charge on any atom is 0.0545 e. The summed E-state index contributed by atoms with van der Waals surface area (Å²) in [6.45, 7) is 6.72. The quantitative estimate of drug-likeness (QED) is 0.733. The SMILES string of the molecule is CC[SiH2]c1ccc(-c2ccc(CC)cc2)c(C)c1. The summed E-state index contributed by atoms with van der Waals surface area (Å²) in [6.07, 6.45) is 1.11. The van der Waals surface area contributed by atoms with Crippen molar-refractivity contribution in [1.29, 1.82) is 0 Å². The molecule has 0 radical (unpaired) electrons. The molecule has 0 bridgehead atoms. The van der Waals surface area contributed by atoms with Gasteiger partial charge in [-0.15, -0.1) is 0 Å². The highest BCUT2D eigenvalue weighted by Gasteiger charge is 2.03. The molecule has 2 aromatic rings. The first-order valence-corrected chi connectivity index (χ1v) is 8.64. The Hall–Kier alpha value is -1.34. The van der Waals surface area contributed by atoms with Crippen LogP contribution in [0.1, 0.15) is 25.0 Å². The number of hydrogen-bond acceptors (Lipinski definition) is 0. The molecular weight excluding hydrogens is 232 g/mol. The molecule has 0 unspecified atom stereocenters. The third-order valence-electron chi connectivity index (χ3n) is 3.50. The molecule has 0 saturated heterocycles. The molecule has 0 fully saturated rings. The van der Waals surface area contributed by atoms with Crippen molar-refractivity contribution in [3.63, 3.8) is 0 Å². The highest BCUT2D eigenvalue weighted by atomic mass is 28.2. The Labute approximate surface area is 113 Å². The number of hydrogen-bond donors (Lipinski definition) is 0. The maximum absolute atomic E-state index is 2.39. The Bertz CT molecular complexity index is 512. The van der Waals surface area contributed by atoms with Gasteiger partial charge in [0.25, 0.3) is 0 Å². The number of aryl methyl sites for hydroxylation is 2. The van der Waals surface area contributed by atoms with E-state index in [0.29, 0.717) is 0 Å². The van der Waals surface area contributed by atoms with Gasteiger partial charge in [0, 0.05) is 0 Å². The van der Waals surface area contributed by atoms with E-state index >= 15 is 0 Å². The fraction of sp³-hybridized carbons (Fsp3) is 0.294. The van der Waals surface area contributed by atoms with E-state index in [4.69, 9.17) is 0 Å². The minimum absolute atomic E-state index is 0.0284. The van der Waals surface area contributed by atoms with Crippen molar-refractivity contribution in [1.82, 2.24) is 0 Å². The smallest absolute Gasteiger partial charge is 0.0545 e. The monoisotopic (exact) mass is 254 g/mol. The van der Waals surface area contributed by atoms with Crippen LogP contribution in [0.5, 0.6) is 0 Å². The minimum atomic E-state index is -0.0284. The van der Waals surface area contributed by atoms with Crippen molar-refractivity contribution in [3.8, 4) is 11.1 Å². The van der Waals surface area contributed by atoms with E-state index in [9.17, 15) is 0 Å². The van der Waals surface area contributed by atoms with Gasteiger partial charge in [0.15, 0.2) is 0 Å². The largest absolute Gasteiger partial charge is 0.0680 e. The average Bonchev–Trinajstić information content (AvgIpc) is 2.40. The first-order chi connectivity index (χ1) is 8.74. The van der Waals surface area contributed by atoms with Gasteiger partial charge in [-0.1, -0.05) is 67.5 Å². The van der Waals surface area contributed by atoms with Gasteiger partial charge in [0.2, 0.25) is 0 Å². The second-order valence-corrected chi connectivity index (χ2v) is 7.27. The molecule has 0 aliphatic rings. The normalized spacial score (nSPS) is 11.3. The zero-order valence-corrected chi connectivity index (χ0v) is 13.1. The third kappa shape index (κ3) is 2.91. The molecule has 2 rings (SSSR count). The van der Waals surface area contributed by atoms with Gasteiger partial charge in [-0.25, -0.2) is 0 Å². The van der Waals surface area contributed by atoms with Gasteiger partial charge in [-0.05, 0) is 35.6 Å². The lowest BCUT2D eigenvalue weighted by atomic mass is 9.99. The van der Waals surface area contributed by atoms with Gasteiger partial charge in [-0.2, -0.15) is 0 Å². The fourth-order valence-electron chi connectivity index (χ4n) is 2.41. The molecule has 0 aromatic heterocycles. The Morgan fingerprint density at radius 3 is 2.22 bits per heavy atom. The molecule has 2 aromatic carbocycles. The molecule has 0 spiro atoms. The summed E-state index contributed by atoms with van der Waals surface area (Å²) in [5.74, 6) is 0. The molecule has 0 amide bonds. The Morgan fingerprint density at radius 2 is 1.67 bits per heavy atom. The zero-order valence-electron chi connectivity index (χ0n) is 11.7. The second kappa shape index (κ2) is 6.01. The van der Waals surface area contributed by atoms with Crippen molar-refractivity contribution < 1.29 is 0 Å². The van der Waals surface area contributed by atoms with Gasteiger partial charge in [-0.3, -0.25) is 0 Å². The summed E-state index contributed by atoms with van der Waals surface area (Å²) >= 11 is 0. The van der Waals surface area contributed by atoms with E-state index in [-0.39, 0.29) is 9.52 Å². The van der Waals surface area contributed by atoms with Gasteiger partial charge in [0.05, 0.1) is 9.52 Å². The Kier molecular flexibility index (Phi) is 4.37. The number of benzene rings is 2. The summed E-state index contributed by atoms with van der Waals surface area (Å²) in [4.78, 5) is 0. The van der Waals surface area contributed by atoms with Crippen molar-refractivity contribution >= 4 is 14.7 Å². The van der Waals surface area contributed by atoms with Crippen LogP contribution < -0.4 is 5.19 Å². The summed E-state index contributed by atoms with van der Waals surface area (Å²) in [6, 6.07) is 17.3. The lowest BCUT2D eigenvalue weighted by molar-refractivity contribution is 1.14. The predicted octanol–water partition coefficient (Wildman–Crippen LogP) is 3.46. The van der Waals surface area contributed by atoms with Crippen LogP contribution in [0, 0.1) is 6.92 Å². The van der Waals surface area contributed by atoms with Crippen LogP contribution in [0.2, 0.25) is 6.04 Å². The molecule has 0 nitrogen and oxygen atoms in total. The lowest BCUT2D eigenvalue weighted by Gasteiger charge is -2.09. The molecule has 0 atom stereocenters. The Morgan fingerprint density at radius 1 is 0.944 bits per heavy atom. The molecule has 0 N–H and O–H groups in total. The molecule has 0 aliphatic heterocycles. The molecule has 0 heterocycles. The van der Waals surface area contributed by atoms with Crippen LogP contribution in [0.15, 0.2) is 42.5 Å². The van der Waals surface area contributed by atoms with Crippen LogP contribution in [-0.4, -0.2) is 9.52 Å². The number of rotatable bonds is 4. The van der Waals surface area contributed by atoms with Crippen LogP contribution in [0.25, 0.3) is 11.1 Å². The molecule has 18 heavy (non-hydrogen) atoms. The van der Waals surface area contributed by atoms with Gasteiger partial charge in [0.1, 0.15) is 0 Å². The first-order valence-electron chi connectivity index (χ1n) is 6.93. The van der Waals surface area contributed by atoms with E-state index in [1.807, 2.05) is 0 Å². The fourth-order valence-corrected chi connectivity index (χ4v) is 3.73. The molecule has 94 valence electrons. The van der Waals surface area contributed by atoms with Crippen molar-refractivity contribution in [2.45, 2.75) is 33.2 Å². The van der Waals surface area contributed by atoms with Crippen LogP contribution in [-0.2, 0) is 6.42 Å². The molecule has 0 aliphatic carbocycles. The zero-order chi connectivity index (χ0) is 13.0. The topological polar surface area (TPSA) is 0 Å². The van der Waals surface area contributed by atoms with Crippen molar-refractivity contribution in [3.05, 3.63) is 53.6 Å². The van der Waals surface area contributed by atoms with Gasteiger partial charge >= 0.3 is 0 Å². The van der Waals surface area contributed by atoms with E-state index in [0.717, 1.165) is 6.42 Å². The van der Waals surface area contributed by atoms with Crippen molar-refractivity contribution in [2.24, 2.45) is 0 Å². The summed E-state index contributed by atoms with van der Waals surface area (Å²) in [5, 5.41) is 1.59. The molecule has 1 heteroatoms. The average molecular weight is 254 g/mol. The Balaban J connectivity index is 2.32. The molecule has 0 saturated carbocycles. The highest BCUT2D eigenvalue weighted by Crippen LogP contribution is 2.22. The van der Waals surface area contributed by atoms with E-state index < -0.39 is 0 Å². The lowest BCUT2D eigenvalue weighted by Crippen LogP contribution is -2.12. The highest BCUT2D eigenvalue weighted by molar-refractivity contribution is 6.53. The van der Waals surface area contributed by atoms with E-state index in [1.165, 1.54) is 28.3 Å². The van der Waals surface area contributed by atoms with Crippen molar-refractivity contribution in [2.75, 3.05) is 0 Å². The summed E-state index contributed by atoms with van der Waals surface area (Å²) in [5.41, 5.74) is 5.55. The predicted molar refractivity (Wildman–Crippen MR) is 84.7 cm³/mol. The summed E-state index contributed by atoms with van der Waals surface area (Å²) < 4.78 is 0. The maximum atomic E-state index is 2.39. The van der Waals surface area contributed by atoms with E-state index in [1.54, 1.807) is 5.19 Å². The van der Waals surface area contributed by atoms with Crippen LogP contribution in [0.4, 0.5) is 0 Å². The molecular formula is C17H22Si. The van der Waals surface area contributed by atoms with Crippen LogP contribution >= 0.6 is 0 Å². The standard InChI is InChI=1S/C17H22Si/c1-4-14-6-8-15(9-7-14)17-11-10-16(18-5-2)12-13(17)3/h6-12H,4-5,18H2,1-3H3.